The van der Waals surface area contributed by atoms with Crippen molar-refractivity contribution in [3.63, 3.8) is 0 Å². The zero-order valence-electron chi connectivity index (χ0n) is 7.82. The molecule has 0 unspecified atom stereocenters. The van der Waals surface area contributed by atoms with Crippen molar-refractivity contribution in [2.75, 3.05) is 12.4 Å². The van der Waals surface area contributed by atoms with E-state index in [1.54, 1.807) is 7.11 Å². The fourth-order valence-electron chi connectivity index (χ4n) is 1.22. The van der Waals surface area contributed by atoms with Crippen molar-refractivity contribution in [3.8, 4) is 5.75 Å². The number of hydrogen-bond donors (Lipinski definition) is 0. The monoisotopic (exact) mass is 296 g/mol. The van der Waals surface area contributed by atoms with Crippen molar-refractivity contribution in [3.05, 3.63) is 27.7 Å². The average Bonchev–Trinajstić information content (AvgIpc) is 2.14. The molecule has 1 aromatic carbocycles. The van der Waals surface area contributed by atoms with Gasteiger partial charge in [-0.05, 0) is 30.5 Å². The Bertz CT molecular complexity index is 292. The Kier molecular flexibility index (Phi) is 5.07. The van der Waals surface area contributed by atoms with Crippen molar-refractivity contribution in [2.24, 2.45) is 0 Å². The third kappa shape index (κ3) is 3.04. The summed E-state index contributed by atoms with van der Waals surface area (Å²) in [7, 11) is 1.56. The second-order valence-corrected chi connectivity index (χ2v) is 4.49. The van der Waals surface area contributed by atoms with Crippen LogP contribution >= 0.6 is 39.1 Å². The molecule has 14 heavy (non-hydrogen) atoms. The molecular weight excluding hydrogens is 287 g/mol. The zero-order chi connectivity index (χ0) is 10.6. The summed E-state index contributed by atoms with van der Waals surface area (Å²) < 4.78 is 5.06. The van der Waals surface area contributed by atoms with Crippen LogP contribution in [0.15, 0.2) is 12.1 Å². The molecule has 0 radical (unpaired) electrons. The molecule has 1 rings (SSSR count). The van der Waals surface area contributed by atoms with Crippen LogP contribution in [-0.4, -0.2) is 12.4 Å². The van der Waals surface area contributed by atoms with Crippen molar-refractivity contribution in [1.29, 1.82) is 0 Å². The number of aryl methyl sites for hydroxylation is 1. The Labute approximate surface area is 102 Å². The molecule has 0 saturated carbocycles. The van der Waals surface area contributed by atoms with E-state index in [1.807, 2.05) is 12.1 Å². The van der Waals surface area contributed by atoms with Crippen LogP contribution in [0.5, 0.6) is 5.75 Å². The molecule has 4 heteroatoms. The van der Waals surface area contributed by atoms with E-state index in [9.17, 15) is 0 Å². The molecule has 0 aliphatic heterocycles. The molecule has 0 spiro atoms. The van der Waals surface area contributed by atoms with Gasteiger partial charge in [-0.3, -0.25) is 0 Å². The van der Waals surface area contributed by atoms with Crippen molar-refractivity contribution >= 4 is 39.1 Å². The van der Waals surface area contributed by atoms with Crippen LogP contribution in [-0.2, 0) is 6.42 Å². The topological polar surface area (TPSA) is 9.23 Å². The minimum Gasteiger partial charge on any atom is -0.494 e. The summed E-state index contributed by atoms with van der Waals surface area (Å²) in [5, 5.41) is 2.13. The molecule has 0 heterocycles. The van der Waals surface area contributed by atoms with Crippen LogP contribution in [0.1, 0.15) is 12.0 Å². The van der Waals surface area contributed by atoms with Crippen LogP contribution in [0, 0.1) is 0 Å². The lowest BCUT2D eigenvalue weighted by Gasteiger charge is -2.08. The van der Waals surface area contributed by atoms with Crippen LogP contribution in [0.25, 0.3) is 0 Å². The van der Waals surface area contributed by atoms with Crippen molar-refractivity contribution in [2.45, 2.75) is 12.8 Å². The third-order valence-electron chi connectivity index (χ3n) is 1.86. The molecule has 0 aliphatic rings. The summed E-state index contributed by atoms with van der Waals surface area (Å²) in [4.78, 5) is 0. The Morgan fingerprint density at radius 2 is 1.86 bits per heavy atom. The summed E-state index contributed by atoms with van der Waals surface area (Å²) >= 11 is 15.4. The number of halogens is 3. The molecule has 0 fully saturated rings. The fraction of sp³-hybridized carbons (Fsp3) is 0.400. The van der Waals surface area contributed by atoms with Crippen molar-refractivity contribution in [1.82, 2.24) is 0 Å². The molecule has 0 N–H and O–H groups in total. The Morgan fingerprint density at radius 3 is 2.29 bits per heavy atom. The molecule has 0 aromatic heterocycles. The van der Waals surface area contributed by atoms with Gasteiger partial charge in [-0.15, -0.1) is 0 Å². The zero-order valence-corrected chi connectivity index (χ0v) is 10.9. The van der Waals surface area contributed by atoms with Gasteiger partial charge in [0.15, 0.2) is 5.75 Å². The highest BCUT2D eigenvalue weighted by Crippen LogP contribution is 2.34. The smallest absolute Gasteiger partial charge is 0.156 e. The lowest BCUT2D eigenvalue weighted by Crippen LogP contribution is -1.90. The predicted octanol–water partition coefficient (Wildman–Crippen LogP) is 4.33. The standard InChI is InChI=1S/C10H11BrCl2O/c1-14-10-8(12)5-7(3-2-4-11)6-9(10)13/h5-6H,2-4H2,1H3. The Hall–Kier alpha value is 0.0800. The SMILES string of the molecule is COc1c(Cl)cc(CCCBr)cc1Cl. The maximum Gasteiger partial charge on any atom is 0.156 e. The third-order valence-corrected chi connectivity index (χ3v) is 2.98. The molecule has 0 aliphatic carbocycles. The van der Waals surface area contributed by atoms with E-state index in [-0.39, 0.29) is 0 Å². The first-order chi connectivity index (χ1) is 6.69. The van der Waals surface area contributed by atoms with E-state index < -0.39 is 0 Å². The minimum absolute atomic E-state index is 0.552. The second kappa shape index (κ2) is 5.84. The maximum absolute atomic E-state index is 5.99. The van der Waals surface area contributed by atoms with Gasteiger partial charge >= 0.3 is 0 Å². The number of ether oxygens (including phenoxy) is 1. The summed E-state index contributed by atoms with van der Waals surface area (Å²) in [6.45, 7) is 0. The number of benzene rings is 1. The molecule has 0 amide bonds. The largest absolute Gasteiger partial charge is 0.494 e. The Balaban J connectivity index is 2.90. The van der Waals surface area contributed by atoms with Crippen LogP contribution in [0.4, 0.5) is 0 Å². The van der Waals surface area contributed by atoms with Gasteiger partial charge in [0, 0.05) is 5.33 Å². The van der Waals surface area contributed by atoms with Crippen molar-refractivity contribution < 1.29 is 4.74 Å². The normalized spacial score (nSPS) is 10.3. The molecule has 0 atom stereocenters. The molecule has 0 bridgehead atoms. The first-order valence-corrected chi connectivity index (χ1v) is 6.14. The number of rotatable bonds is 4. The van der Waals surface area contributed by atoms with E-state index in [1.165, 1.54) is 0 Å². The predicted molar refractivity (Wildman–Crippen MR) is 65.1 cm³/mol. The van der Waals surface area contributed by atoms with E-state index in [0.717, 1.165) is 23.7 Å². The summed E-state index contributed by atoms with van der Waals surface area (Å²) in [6.07, 6.45) is 2.04. The molecule has 78 valence electrons. The summed E-state index contributed by atoms with van der Waals surface area (Å²) in [5.74, 6) is 0.552. The van der Waals surface area contributed by atoms with Gasteiger partial charge in [0.25, 0.3) is 0 Å². The Morgan fingerprint density at radius 1 is 1.29 bits per heavy atom. The van der Waals surface area contributed by atoms with Crippen LogP contribution in [0.3, 0.4) is 0 Å². The number of alkyl halides is 1. The first-order valence-electron chi connectivity index (χ1n) is 4.27. The van der Waals surface area contributed by atoms with Gasteiger partial charge in [-0.2, -0.15) is 0 Å². The van der Waals surface area contributed by atoms with Crippen LogP contribution < -0.4 is 4.74 Å². The fourth-order valence-corrected chi connectivity index (χ4v) is 2.19. The van der Waals surface area contributed by atoms with E-state index >= 15 is 0 Å². The first kappa shape index (κ1) is 12.2. The highest BCUT2D eigenvalue weighted by molar-refractivity contribution is 9.09. The average molecular weight is 298 g/mol. The number of hydrogen-bond acceptors (Lipinski definition) is 1. The molecular formula is C10H11BrCl2O. The lowest BCUT2D eigenvalue weighted by molar-refractivity contribution is 0.415. The van der Waals surface area contributed by atoms with Gasteiger partial charge in [-0.1, -0.05) is 39.1 Å². The molecule has 1 aromatic rings. The highest BCUT2D eigenvalue weighted by atomic mass is 79.9. The highest BCUT2D eigenvalue weighted by Gasteiger charge is 2.07. The molecule has 0 saturated heterocycles. The van der Waals surface area contributed by atoms with E-state index in [2.05, 4.69) is 15.9 Å². The summed E-state index contributed by atoms with van der Waals surface area (Å²) in [5.41, 5.74) is 1.14. The van der Waals surface area contributed by atoms with Gasteiger partial charge in [-0.25, -0.2) is 0 Å². The van der Waals surface area contributed by atoms with Gasteiger partial charge in [0.05, 0.1) is 17.2 Å². The molecule has 1 nitrogen and oxygen atoms in total. The van der Waals surface area contributed by atoms with Gasteiger partial charge in [0.1, 0.15) is 0 Å². The lowest BCUT2D eigenvalue weighted by atomic mass is 10.1. The number of methoxy groups -OCH3 is 1. The van der Waals surface area contributed by atoms with Gasteiger partial charge in [0.2, 0.25) is 0 Å². The minimum atomic E-state index is 0.552. The maximum atomic E-state index is 5.99. The summed E-state index contributed by atoms with van der Waals surface area (Å²) in [6, 6.07) is 3.80. The van der Waals surface area contributed by atoms with E-state index in [0.29, 0.717) is 15.8 Å². The van der Waals surface area contributed by atoms with Crippen LogP contribution in [0.2, 0.25) is 10.0 Å². The quantitative estimate of drug-likeness (QED) is 0.752. The van der Waals surface area contributed by atoms with E-state index in [4.69, 9.17) is 27.9 Å². The van der Waals surface area contributed by atoms with Gasteiger partial charge < -0.3 is 4.74 Å². The second-order valence-electron chi connectivity index (χ2n) is 2.89.